The Kier molecular flexibility index (Phi) is 4.71. The van der Waals surface area contributed by atoms with E-state index in [2.05, 4.69) is 34.3 Å². The number of hydrogen-bond donors (Lipinski definition) is 0. The SMILES string of the molecule is Cc1ccc(C2CC(c3ccc(F)cc3)n3ncnc3N2C(=O)C(C)C)cc1. The van der Waals surface area contributed by atoms with Crippen molar-refractivity contribution >= 4 is 11.9 Å². The second-order valence-corrected chi connectivity index (χ2v) is 7.60. The molecule has 1 amide bonds. The summed E-state index contributed by atoms with van der Waals surface area (Å²) in [5.74, 6) is 0.104. The van der Waals surface area contributed by atoms with E-state index < -0.39 is 0 Å². The topological polar surface area (TPSA) is 51.0 Å². The third-order valence-corrected chi connectivity index (χ3v) is 5.27. The van der Waals surface area contributed by atoms with Gasteiger partial charge in [0.05, 0.1) is 12.1 Å². The van der Waals surface area contributed by atoms with Crippen LogP contribution in [0.1, 0.15) is 49.0 Å². The molecule has 0 saturated heterocycles. The summed E-state index contributed by atoms with van der Waals surface area (Å²) < 4.78 is 15.2. The van der Waals surface area contributed by atoms with E-state index in [1.165, 1.54) is 24.0 Å². The number of rotatable bonds is 3. The molecule has 3 aromatic rings. The minimum atomic E-state index is -0.273. The van der Waals surface area contributed by atoms with Crippen LogP contribution in [0.3, 0.4) is 0 Å². The van der Waals surface area contributed by atoms with Gasteiger partial charge in [0.25, 0.3) is 0 Å². The smallest absolute Gasteiger partial charge is 0.232 e. The molecule has 2 heterocycles. The van der Waals surface area contributed by atoms with Gasteiger partial charge in [0, 0.05) is 5.92 Å². The molecule has 1 aromatic heterocycles. The van der Waals surface area contributed by atoms with Gasteiger partial charge < -0.3 is 0 Å². The minimum absolute atomic E-state index is 0.0115. The van der Waals surface area contributed by atoms with Gasteiger partial charge in [0.2, 0.25) is 11.9 Å². The molecule has 2 unspecified atom stereocenters. The summed E-state index contributed by atoms with van der Waals surface area (Å²) in [5.41, 5.74) is 3.17. The zero-order valence-electron chi connectivity index (χ0n) is 16.2. The molecule has 0 aliphatic carbocycles. The highest BCUT2D eigenvalue weighted by Gasteiger charge is 2.39. The van der Waals surface area contributed by atoms with Crippen molar-refractivity contribution in [3.05, 3.63) is 77.4 Å². The first-order valence-corrected chi connectivity index (χ1v) is 9.50. The Morgan fingerprint density at radius 1 is 1.04 bits per heavy atom. The zero-order valence-corrected chi connectivity index (χ0v) is 16.2. The van der Waals surface area contributed by atoms with Crippen LogP contribution >= 0.6 is 0 Å². The van der Waals surface area contributed by atoms with Gasteiger partial charge in [0.1, 0.15) is 12.1 Å². The maximum absolute atomic E-state index is 13.4. The number of aryl methyl sites for hydroxylation is 1. The Morgan fingerprint density at radius 3 is 2.29 bits per heavy atom. The molecule has 1 aliphatic heterocycles. The number of carbonyl (C=O) groups is 1. The lowest BCUT2D eigenvalue weighted by atomic mass is 9.91. The monoisotopic (exact) mass is 378 g/mol. The van der Waals surface area contributed by atoms with E-state index in [1.54, 1.807) is 21.7 Å². The molecule has 0 saturated carbocycles. The fourth-order valence-electron chi connectivity index (χ4n) is 3.76. The summed E-state index contributed by atoms with van der Waals surface area (Å²) in [6.07, 6.45) is 2.12. The Bertz CT molecular complexity index is 979. The van der Waals surface area contributed by atoms with Gasteiger partial charge in [0.15, 0.2) is 0 Å². The van der Waals surface area contributed by atoms with Gasteiger partial charge in [-0.1, -0.05) is 55.8 Å². The maximum atomic E-state index is 13.4. The molecule has 2 atom stereocenters. The van der Waals surface area contributed by atoms with Gasteiger partial charge in [-0.05, 0) is 36.6 Å². The summed E-state index contributed by atoms with van der Waals surface area (Å²) >= 11 is 0. The zero-order chi connectivity index (χ0) is 19.8. The van der Waals surface area contributed by atoms with Crippen molar-refractivity contribution < 1.29 is 9.18 Å². The summed E-state index contributed by atoms with van der Waals surface area (Å²) in [5, 5.41) is 4.39. The highest BCUT2D eigenvalue weighted by atomic mass is 19.1. The molecular formula is C22H23FN4O. The van der Waals surface area contributed by atoms with Crippen LogP contribution in [-0.4, -0.2) is 20.7 Å². The van der Waals surface area contributed by atoms with Crippen molar-refractivity contribution in [2.24, 2.45) is 5.92 Å². The van der Waals surface area contributed by atoms with Gasteiger partial charge in [-0.3, -0.25) is 9.69 Å². The molecular weight excluding hydrogens is 355 g/mol. The molecule has 1 aliphatic rings. The number of nitrogens with zero attached hydrogens (tertiary/aromatic N) is 4. The second-order valence-electron chi connectivity index (χ2n) is 7.60. The molecule has 144 valence electrons. The lowest BCUT2D eigenvalue weighted by molar-refractivity contribution is -0.122. The summed E-state index contributed by atoms with van der Waals surface area (Å²) in [7, 11) is 0. The van der Waals surface area contributed by atoms with Crippen molar-refractivity contribution in [3.63, 3.8) is 0 Å². The fourth-order valence-corrected chi connectivity index (χ4v) is 3.76. The van der Waals surface area contributed by atoms with E-state index in [4.69, 9.17) is 0 Å². The van der Waals surface area contributed by atoms with Crippen LogP contribution in [0.4, 0.5) is 10.3 Å². The fraction of sp³-hybridized carbons (Fsp3) is 0.318. The molecule has 4 rings (SSSR count). The average Bonchev–Trinajstić information content (AvgIpc) is 3.17. The van der Waals surface area contributed by atoms with Crippen molar-refractivity contribution in [2.45, 2.75) is 39.3 Å². The standard InChI is InChI=1S/C22H23FN4O/c1-14(2)21(28)26-19(16-6-4-15(3)5-7-16)12-20(27-22(26)24-13-25-27)17-8-10-18(23)11-9-17/h4-11,13-14,19-20H,12H2,1-3H3. The molecule has 0 bridgehead atoms. The van der Waals surface area contributed by atoms with Crippen LogP contribution < -0.4 is 4.90 Å². The first kappa shape index (κ1) is 18.3. The molecule has 0 N–H and O–H groups in total. The van der Waals surface area contributed by atoms with Crippen LogP contribution in [0.5, 0.6) is 0 Å². The quantitative estimate of drug-likeness (QED) is 0.677. The first-order valence-electron chi connectivity index (χ1n) is 9.50. The maximum Gasteiger partial charge on any atom is 0.232 e. The van der Waals surface area contributed by atoms with Gasteiger partial charge in [-0.15, -0.1) is 0 Å². The van der Waals surface area contributed by atoms with Gasteiger partial charge >= 0.3 is 0 Å². The van der Waals surface area contributed by atoms with Gasteiger partial charge in [-0.25, -0.2) is 9.07 Å². The van der Waals surface area contributed by atoms with Gasteiger partial charge in [-0.2, -0.15) is 10.1 Å². The van der Waals surface area contributed by atoms with E-state index in [1.807, 2.05) is 20.8 Å². The summed E-state index contributed by atoms with van der Waals surface area (Å²) in [6.45, 7) is 5.82. The number of hydrogen-bond acceptors (Lipinski definition) is 3. The van der Waals surface area contributed by atoms with Crippen molar-refractivity contribution in [3.8, 4) is 0 Å². The largest absolute Gasteiger partial charge is 0.274 e. The number of carbonyl (C=O) groups excluding carboxylic acids is 1. The summed E-state index contributed by atoms with van der Waals surface area (Å²) in [6, 6.07) is 14.4. The van der Waals surface area contributed by atoms with E-state index in [0.717, 1.165) is 11.1 Å². The van der Waals surface area contributed by atoms with Crippen molar-refractivity contribution in [1.82, 2.24) is 14.8 Å². The third-order valence-electron chi connectivity index (χ3n) is 5.27. The lowest BCUT2D eigenvalue weighted by Gasteiger charge is -2.40. The predicted octanol–water partition coefficient (Wildman–Crippen LogP) is 4.45. The van der Waals surface area contributed by atoms with E-state index in [-0.39, 0.29) is 29.7 Å². The minimum Gasteiger partial charge on any atom is -0.274 e. The Morgan fingerprint density at radius 2 is 1.64 bits per heavy atom. The first-order chi connectivity index (χ1) is 13.5. The van der Waals surface area contributed by atoms with Crippen molar-refractivity contribution in [2.75, 3.05) is 4.90 Å². The van der Waals surface area contributed by atoms with E-state index >= 15 is 0 Å². The molecule has 5 nitrogen and oxygen atoms in total. The summed E-state index contributed by atoms with van der Waals surface area (Å²) in [4.78, 5) is 19.3. The average molecular weight is 378 g/mol. The Balaban J connectivity index is 1.84. The number of amides is 1. The lowest BCUT2D eigenvalue weighted by Crippen LogP contribution is -2.44. The molecule has 0 radical (unpaired) electrons. The number of fused-ring (bicyclic) bond motifs is 1. The molecule has 6 heteroatoms. The number of anilines is 1. The number of benzene rings is 2. The van der Waals surface area contributed by atoms with Crippen LogP contribution in [0.15, 0.2) is 54.9 Å². The molecule has 0 spiro atoms. The highest BCUT2D eigenvalue weighted by Crippen LogP contribution is 2.42. The van der Waals surface area contributed by atoms with Crippen LogP contribution in [-0.2, 0) is 4.79 Å². The molecule has 2 aromatic carbocycles. The molecule has 0 fully saturated rings. The third kappa shape index (κ3) is 3.19. The Hall–Kier alpha value is -3.02. The predicted molar refractivity (Wildman–Crippen MR) is 105 cm³/mol. The van der Waals surface area contributed by atoms with Crippen LogP contribution in [0, 0.1) is 18.7 Å². The van der Waals surface area contributed by atoms with E-state index in [9.17, 15) is 9.18 Å². The normalized spacial score (nSPS) is 19.0. The van der Waals surface area contributed by atoms with Crippen molar-refractivity contribution in [1.29, 1.82) is 0 Å². The Labute approximate surface area is 163 Å². The number of aromatic nitrogens is 3. The molecule has 28 heavy (non-hydrogen) atoms. The number of halogens is 1. The second kappa shape index (κ2) is 7.19. The highest BCUT2D eigenvalue weighted by molar-refractivity contribution is 5.94. The van der Waals surface area contributed by atoms with Crippen LogP contribution in [0.2, 0.25) is 0 Å². The van der Waals surface area contributed by atoms with Crippen LogP contribution in [0.25, 0.3) is 0 Å². The van der Waals surface area contributed by atoms with E-state index in [0.29, 0.717) is 12.4 Å².